The first-order valence-electron chi connectivity index (χ1n) is 5.18. The summed E-state index contributed by atoms with van der Waals surface area (Å²) in [4.78, 5) is 12.3. The van der Waals surface area contributed by atoms with Crippen LogP contribution in [0.25, 0.3) is 0 Å². The summed E-state index contributed by atoms with van der Waals surface area (Å²) < 4.78 is 0. The number of hydrogen-bond donors (Lipinski definition) is 1. The third-order valence-corrected chi connectivity index (χ3v) is 2.19. The second-order valence-corrected chi connectivity index (χ2v) is 3.91. The summed E-state index contributed by atoms with van der Waals surface area (Å²) in [6.07, 6.45) is 0. The molecule has 0 aliphatic carbocycles. The van der Waals surface area contributed by atoms with Gasteiger partial charge in [0.15, 0.2) is 0 Å². The average Bonchev–Trinajstić information content (AvgIpc) is 2.24. The van der Waals surface area contributed by atoms with Crippen LogP contribution in [-0.4, -0.2) is 37.0 Å². The molecule has 0 saturated heterocycles. The van der Waals surface area contributed by atoms with E-state index in [1.165, 1.54) is 6.07 Å². The van der Waals surface area contributed by atoms with E-state index in [1.54, 1.807) is 12.1 Å². The van der Waals surface area contributed by atoms with Crippen LogP contribution in [0.2, 0.25) is 0 Å². The standard InChI is InChI=1S/C11H17N3O2/c1-13(2)7-6-12-9-10-4-3-5-11(8-10)14(15)16/h3-5,8,12H,6-7,9H2,1-2H3. The molecule has 0 atom stereocenters. The van der Waals surface area contributed by atoms with E-state index in [4.69, 9.17) is 0 Å². The minimum absolute atomic E-state index is 0.145. The second kappa shape index (κ2) is 6.19. The predicted octanol–water partition coefficient (Wildman–Crippen LogP) is 1.25. The van der Waals surface area contributed by atoms with Gasteiger partial charge in [-0.3, -0.25) is 10.1 Å². The van der Waals surface area contributed by atoms with Gasteiger partial charge in [0.1, 0.15) is 0 Å². The first-order chi connectivity index (χ1) is 7.59. The molecule has 0 saturated carbocycles. The summed E-state index contributed by atoms with van der Waals surface area (Å²) in [7, 11) is 4.02. The lowest BCUT2D eigenvalue weighted by molar-refractivity contribution is -0.384. The van der Waals surface area contributed by atoms with Crippen molar-refractivity contribution in [3.63, 3.8) is 0 Å². The molecule has 1 rings (SSSR count). The van der Waals surface area contributed by atoms with Gasteiger partial charge in [-0.25, -0.2) is 0 Å². The van der Waals surface area contributed by atoms with Gasteiger partial charge in [0, 0.05) is 31.8 Å². The molecule has 1 aromatic rings. The highest BCUT2D eigenvalue weighted by Gasteiger charge is 2.04. The molecule has 1 aromatic carbocycles. The number of non-ortho nitro benzene ring substituents is 1. The van der Waals surface area contributed by atoms with E-state index in [1.807, 2.05) is 20.2 Å². The van der Waals surface area contributed by atoms with Crippen molar-refractivity contribution in [3.05, 3.63) is 39.9 Å². The molecule has 0 aromatic heterocycles. The van der Waals surface area contributed by atoms with E-state index in [0.29, 0.717) is 6.54 Å². The normalized spacial score (nSPS) is 10.7. The lowest BCUT2D eigenvalue weighted by Crippen LogP contribution is -2.26. The van der Waals surface area contributed by atoms with Crippen LogP contribution in [-0.2, 0) is 6.54 Å². The van der Waals surface area contributed by atoms with Crippen molar-refractivity contribution in [3.8, 4) is 0 Å². The third kappa shape index (κ3) is 4.37. The summed E-state index contributed by atoms with van der Waals surface area (Å²) in [5.41, 5.74) is 1.08. The van der Waals surface area contributed by atoms with E-state index in [-0.39, 0.29) is 10.6 Å². The fourth-order valence-electron chi connectivity index (χ4n) is 1.32. The van der Waals surface area contributed by atoms with Gasteiger partial charge in [-0.15, -0.1) is 0 Å². The first kappa shape index (κ1) is 12.6. The number of nitro benzene ring substituents is 1. The van der Waals surface area contributed by atoms with E-state index in [9.17, 15) is 10.1 Å². The highest BCUT2D eigenvalue weighted by atomic mass is 16.6. The molecule has 0 aliphatic rings. The van der Waals surface area contributed by atoms with Crippen molar-refractivity contribution in [1.29, 1.82) is 0 Å². The van der Waals surface area contributed by atoms with Crippen molar-refractivity contribution in [2.75, 3.05) is 27.2 Å². The minimum Gasteiger partial charge on any atom is -0.311 e. The Morgan fingerprint density at radius 1 is 1.44 bits per heavy atom. The fraction of sp³-hybridized carbons (Fsp3) is 0.455. The van der Waals surface area contributed by atoms with Crippen LogP contribution in [0.4, 0.5) is 5.69 Å². The molecule has 0 radical (unpaired) electrons. The maximum atomic E-state index is 10.6. The van der Waals surface area contributed by atoms with Gasteiger partial charge >= 0.3 is 0 Å². The van der Waals surface area contributed by atoms with Gasteiger partial charge in [0.2, 0.25) is 0 Å². The molecule has 5 nitrogen and oxygen atoms in total. The van der Waals surface area contributed by atoms with Gasteiger partial charge in [-0.1, -0.05) is 12.1 Å². The number of likely N-dealkylation sites (N-methyl/N-ethyl adjacent to an activating group) is 1. The zero-order valence-electron chi connectivity index (χ0n) is 9.64. The Balaban J connectivity index is 2.42. The largest absolute Gasteiger partial charge is 0.311 e. The molecule has 0 bridgehead atoms. The van der Waals surface area contributed by atoms with Gasteiger partial charge in [0.25, 0.3) is 5.69 Å². The zero-order valence-corrected chi connectivity index (χ0v) is 9.64. The Bertz CT molecular complexity index is 353. The van der Waals surface area contributed by atoms with Gasteiger partial charge in [0.05, 0.1) is 4.92 Å². The van der Waals surface area contributed by atoms with Gasteiger partial charge < -0.3 is 10.2 Å². The van der Waals surface area contributed by atoms with E-state index >= 15 is 0 Å². The Morgan fingerprint density at radius 3 is 2.81 bits per heavy atom. The highest BCUT2D eigenvalue weighted by Crippen LogP contribution is 2.12. The molecule has 16 heavy (non-hydrogen) atoms. The Kier molecular flexibility index (Phi) is 4.88. The van der Waals surface area contributed by atoms with Crippen molar-refractivity contribution in [2.45, 2.75) is 6.54 Å². The van der Waals surface area contributed by atoms with Crippen LogP contribution >= 0.6 is 0 Å². The number of benzene rings is 1. The molecule has 0 unspecified atom stereocenters. The number of nitrogens with zero attached hydrogens (tertiary/aromatic N) is 2. The van der Waals surface area contributed by atoms with Crippen LogP contribution in [0.5, 0.6) is 0 Å². The summed E-state index contributed by atoms with van der Waals surface area (Å²) >= 11 is 0. The number of rotatable bonds is 6. The third-order valence-electron chi connectivity index (χ3n) is 2.19. The molecule has 0 aliphatic heterocycles. The van der Waals surface area contributed by atoms with Crippen molar-refractivity contribution in [2.24, 2.45) is 0 Å². The molecule has 88 valence electrons. The molecular formula is C11H17N3O2. The van der Waals surface area contributed by atoms with Crippen molar-refractivity contribution < 1.29 is 4.92 Å². The maximum Gasteiger partial charge on any atom is 0.269 e. The predicted molar refractivity (Wildman–Crippen MR) is 63.4 cm³/mol. The quantitative estimate of drug-likeness (QED) is 0.448. The molecule has 5 heteroatoms. The molecule has 0 fully saturated rings. The van der Waals surface area contributed by atoms with E-state index < -0.39 is 0 Å². The average molecular weight is 223 g/mol. The van der Waals surface area contributed by atoms with Crippen LogP contribution in [0.1, 0.15) is 5.56 Å². The molecule has 0 spiro atoms. The fourth-order valence-corrected chi connectivity index (χ4v) is 1.32. The summed E-state index contributed by atoms with van der Waals surface area (Å²) in [6.45, 7) is 2.49. The number of hydrogen-bond acceptors (Lipinski definition) is 4. The van der Waals surface area contributed by atoms with Gasteiger partial charge in [-0.2, -0.15) is 0 Å². The van der Waals surface area contributed by atoms with Crippen LogP contribution in [0.3, 0.4) is 0 Å². The van der Waals surface area contributed by atoms with Crippen LogP contribution in [0.15, 0.2) is 24.3 Å². The highest BCUT2D eigenvalue weighted by molar-refractivity contribution is 5.34. The minimum atomic E-state index is -0.372. The van der Waals surface area contributed by atoms with Crippen molar-refractivity contribution >= 4 is 5.69 Å². The lowest BCUT2D eigenvalue weighted by atomic mass is 10.2. The number of nitro groups is 1. The van der Waals surface area contributed by atoms with Crippen LogP contribution in [0, 0.1) is 10.1 Å². The van der Waals surface area contributed by atoms with E-state index in [0.717, 1.165) is 18.7 Å². The SMILES string of the molecule is CN(C)CCNCc1cccc([N+](=O)[O-])c1. The molecular weight excluding hydrogens is 206 g/mol. The summed E-state index contributed by atoms with van der Waals surface area (Å²) in [6, 6.07) is 6.70. The maximum absolute atomic E-state index is 10.6. The van der Waals surface area contributed by atoms with Crippen LogP contribution < -0.4 is 5.32 Å². The van der Waals surface area contributed by atoms with Gasteiger partial charge in [-0.05, 0) is 19.7 Å². The second-order valence-electron chi connectivity index (χ2n) is 3.91. The topological polar surface area (TPSA) is 58.4 Å². The summed E-state index contributed by atoms with van der Waals surface area (Å²) in [5.74, 6) is 0. The Labute approximate surface area is 95.2 Å². The zero-order chi connectivity index (χ0) is 12.0. The first-order valence-corrected chi connectivity index (χ1v) is 5.18. The number of nitrogens with one attached hydrogen (secondary N) is 1. The van der Waals surface area contributed by atoms with E-state index in [2.05, 4.69) is 10.2 Å². The molecule has 1 N–H and O–H groups in total. The Hall–Kier alpha value is -1.46. The Morgan fingerprint density at radius 2 is 2.19 bits per heavy atom. The smallest absolute Gasteiger partial charge is 0.269 e. The monoisotopic (exact) mass is 223 g/mol. The molecule has 0 heterocycles. The summed E-state index contributed by atoms with van der Waals surface area (Å²) in [5, 5.41) is 13.8. The lowest BCUT2D eigenvalue weighted by Gasteiger charge is -2.10. The molecule has 0 amide bonds. The van der Waals surface area contributed by atoms with Crippen molar-refractivity contribution in [1.82, 2.24) is 10.2 Å².